The quantitative estimate of drug-likeness (QED) is 0.843. The number of hydrogen-bond acceptors (Lipinski definition) is 5. The fraction of sp³-hybridized carbons (Fsp3) is 0.176. The number of fused-ring (bicyclic) bond motifs is 1. The summed E-state index contributed by atoms with van der Waals surface area (Å²) in [6.07, 6.45) is -0.972. The number of benzene rings is 2. The molecule has 6 nitrogen and oxygen atoms in total. The van der Waals surface area contributed by atoms with E-state index in [9.17, 15) is 14.0 Å². The van der Waals surface area contributed by atoms with Crippen molar-refractivity contribution in [3.05, 3.63) is 53.3 Å². The highest BCUT2D eigenvalue weighted by molar-refractivity contribution is 6.33. The van der Waals surface area contributed by atoms with Crippen molar-refractivity contribution < 1.29 is 28.2 Å². The first-order valence-corrected chi connectivity index (χ1v) is 7.71. The van der Waals surface area contributed by atoms with E-state index in [2.05, 4.69) is 5.32 Å². The van der Waals surface area contributed by atoms with Crippen molar-refractivity contribution in [1.29, 1.82) is 0 Å². The number of amides is 1. The van der Waals surface area contributed by atoms with E-state index in [4.69, 9.17) is 25.8 Å². The number of para-hydroxylation sites is 2. The van der Waals surface area contributed by atoms with Gasteiger partial charge in [-0.05, 0) is 30.3 Å². The van der Waals surface area contributed by atoms with Gasteiger partial charge in [-0.3, -0.25) is 4.79 Å². The lowest BCUT2D eigenvalue weighted by molar-refractivity contribution is -0.156. The van der Waals surface area contributed by atoms with Crippen molar-refractivity contribution in [2.75, 3.05) is 18.5 Å². The SMILES string of the molecule is O=C(COC(=O)[C@H]1COc2ccccc2O1)Nc1cc(F)ccc1Cl. The molecule has 1 aliphatic heterocycles. The van der Waals surface area contributed by atoms with Gasteiger partial charge in [0.25, 0.3) is 5.91 Å². The van der Waals surface area contributed by atoms with Crippen molar-refractivity contribution in [2.24, 2.45) is 0 Å². The van der Waals surface area contributed by atoms with Crippen LogP contribution in [0.2, 0.25) is 5.02 Å². The predicted molar refractivity (Wildman–Crippen MR) is 87.4 cm³/mol. The largest absolute Gasteiger partial charge is 0.485 e. The Balaban J connectivity index is 1.52. The minimum atomic E-state index is -0.972. The third-order valence-corrected chi connectivity index (χ3v) is 3.65. The van der Waals surface area contributed by atoms with Crippen LogP contribution in [0.3, 0.4) is 0 Å². The summed E-state index contributed by atoms with van der Waals surface area (Å²) in [5, 5.41) is 2.53. The van der Waals surface area contributed by atoms with E-state index in [1.807, 2.05) is 0 Å². The van der Waals surface area contributed by atoms with Gasteiger partial charge < -0.3 is 19.5 Å². The lowest BCUT2D eigenvalue weighted by Gasteiger charge is -2.24. The van der Waals surface area contributed by atoms with E-state index in [-0.39, 0.29) is 17.3 Å². The number of hydrogen-bond donors (Lipinski definition) is 1. The zero-order valence-corrected chi connectivity index (χ0v) is 13.6. The molecule has 1 amide bonds. The summed E-state index contributed by atoms with van der Waals surface area (Å²) in [5.41, 5.74) is 0.0916. The normalized spacial score (nSPS) is 15.4. The molecule has 0 saturated carbocycles. The molecule has 0 unspecified atom stereocenters. The summed E-state index contributed by atoms with van der Waals surface area (Å²) in [4.78, 5) is 23.8. The van der Waals surface area contributed by atoms with E-state index in [1.165, 1.54) is 6.07 Å². The Morgan fingerprint density at radius 1 is 1.24 bits per heavy atom. The van der Waals surface area contributed by atoms with Crippen LogP contribution in [0.4, 0.5) is 10.1 Å². The van der Waals surface area contributed by atoms with Gasteiger partial charge in [0.15, 0.2) is 18.1 Å². The first kappa shape index (κ1) is 17.0. The smallest absolute Gasteiger partial charge is 0.351 e. The summed E-state index contributed by atoms with van der Waals surface area (Å²) >= 11 is 5.85. The lowest BCUT2D eigenvalue weighted by atomic mass is 10.2. The molecular weight excluding hydrogens is 353 g/mol. The molecule has 8 heteroatoms. The maximum atomic E-state index is 13.2. The highest BCUT2D eigenvalue weighted by atomic mass is 35.5. The molecule has 3 rings (SSSR count). The summed E-state index contributed by atoms with van der Waals surface area (Å²) in [6.45, 7) is -0.583. The number of carbonyl (C=O) groups is 2. The van der Waals surface area contributed by atoms with Gasteiger partial charge in [-0.1, -0.05) is 23.7 Å². The van der Waals surface area contributed by atoms with Crippen LogP contribution in [0.5, 0.6) is 11.5 Å². The molecule has 0 saturated heterocycles. The second-order valence-electron chi connectivity index (χ2n) is 5.14. The molecule has 0 spiro atoms. The van der Waals surface area contributed by atoms with Gasteiger partial charge in [0, 0.05) is 0 Å². The van der Waals surface area contributed by atoms with E-state index < -0.39 is 30.4 Å². The third-order valence-electron chi connectivity index (χ3n) is 3.32. The Hall–Kier alpha value is -2.80. The molecular formula is C17H13ClFNO5. The average molecular weight is 366 g/mol. The summed E-state index contributed by atoms with van der Waals surface area (Å²) in [6, 6.07) is 10.4. The van der Waals surface area contributed by atoms with Crippen LogP contribution in [-0.4, -0.2) is 31.2 Å². The number of carbonyl (C=O) groups excluding carboxylic acids is 2. The molecule has 0 fully saturated rings. The molecule has 2 aromatic carbocycles. The second-order valence-corrected chi connectivity index (χ2v) is 5.55. The first-order chi connectivity index (χ1) is 12.0. The summed E-state index contributed by atoms with van der Waals surface area (Å²) < 4.78 is 28.9. The summed E-state index contributed by atoms with van der Waals surface area (Å²) in [7, 11) is 0. The fourth-order valence-corrected chi connectivity index (χ4v) is 2.31. The standard InChI is InChI=1S/C17H13ClFNO5/c18-11-6-5-10(19)7-12(11)20-16(21)9-24-17(22)15-8-23-13-3-1-2-4-14(13)25-15/h1-7,15H,8-9H2,(H,20,21)/t15-/m1/s1. The molecule has 1 aliphatic rings. The van der Waals surface area contributed by atoms with Crippen LogP contribution < -0.4 is 14.8 Å². The minimum absolute atomic E-state index is 0.0206. The van der Waals surface area contributed by atoms with Crippen LogP contribution in [0.25, 0.3) is 0 Å². The van der Waals surface area contributed by atoms with E-state index in [1.54, 1.807) is 24.3 Å². The van der Waals surface area contributed by atoms with E-state index in [0.29, 0.717) is 11.5 Å². The van der Waals surface area contributed by atoms with Crippen LogP contribution in [0.1, 0.15) is 0 Å². The van der Waals surface area contributed by atoms with Gasteiger partial charge in [-0.2, -0.15) is 0 Å². The van der Waals surface area contributed by atoms with Crippen molar-refractivity contribution >= 4 is 29.2 Å². The zero-order valence-electron chi connectivity index (χ0n) is 12.8. The molecule has 1 N–H and O–H groups in total. The van der Waals surface area contributed by atoms with Gasteiger partial charge in [0.2, 0.25) is 6.10 Å². The van der Waals surface area contributed by atoms with Crippen molar-refractivity contribution in [3.8, 4) is 11.5 Å². The minimum Gasteiger partial charge on any atom is -0.485 e. The van der Waals surface area contributed by atoms with Crippen LogP contribution >= 0.6 is 11.6 Å². The Morgan fingerprint density at radius 3 is 2.80 bits per heavy atom. The van der Waals surface area contributed by atoms with Gasteiger partial charge in [-0.25, -0.2) is 9.18 Å². The molecule has 1 atom stereocenters. The van der Waals surface area contributed by atoms with Crippen molar-refractivity contribution in [1.82, 2.24) is 0 Å². The first-order valence-electron chi connectivity index (χ1n) is 7.33. The van der Waals surface area contributed by atoms with Crippen LogP contribution in [0.15, 0.2) is 42.5 Å². The number of halogens is 2. The van der Waals surface area contributed by atoms with Gasteiger partial charge in [0.1, 0.15) is 12.4 Å². The highest BCUT2D eigenvalue weighted by Gasteiger charge is 2.29. The molecule has 0 radical (unpaired) electrons. The number of rotatable bonds is 4. The molecule has 0 bridgehead atoms. The predicted octanol–water partition coefficient (Wildman–Crippen LogP) is 2.80. The molecule has 0 aromatic heterocycles. The average Bonchev–Trinajstić information content (AvgIpc) is 2.62. The number of nitrogens with one attached hydrogen (secondary N) is 1. The number of ether oxygens (including phenoxy) is 3. The van der Waals surface area contributed by atoms with Crippen LogP contribution in [-0.2, 0) is 14.3 Å². The maximum absolute atomic E-state index is 13.2. The van der Waals surface area contributed by atoms with E-state index >= 15 is 0 Å². The zero-order chi connectivity index (χ0) is 17.8. The molecule has 25 heavy (non-hydrogen) atoms. The Morgan fingerprint density at radius 2 is 2.00 bits per heavy atom. The Labute approximate surface area is 147 Å². The van der Waals surface area contributed by atoms with Crippen molar-refractivity contribution in [2.45, 2.75) is 6.10 Å². The maximum Gasteiger partial charge on any atom is 0.351 e. The number of anilines is 1. The topological polar surface area (TPSA) is 73.9 Å². The summed E-state index contributed by atoms with van der Waals surface area (Å²) in [5.74, 6) is -0.993. The lowest BCUT2D eigenvalue weighted by Crippen LogP contribution is -2.39. The van der Waals surface area contributed by atoms with Gasteiger partial charge >= 0.3 is 5.97 Å². The second kappa shape index (κ2) is 7.40. The molecule has 2 aromatic rings. The fourth-order valence-electron chi connectivity index (χ4n) is 2.14. The van der Waals surface area contributed by atoms with Gasteiger partial charge in [-0.15, -0.1) is 0 Å². The molecule has 1 heterocycles. The van der Waals surface area contributed by atoms with Gasteiger partial charge in [0.05, 0.1) is 10.7 Å². The number of esters is 1. The monoisotopic (exact) mass is 365 g/mol. The third kappa shape index (κ3) is 4.19. The van der Waals surface area contributed by atoms with Crippen molar-refractivity contribution in [3.63, 3.8) is 0 Å². The Bertz CT molecular complexity index is 813. The molecule has 0 aliphatic carbocycles. The Kier molecular flexibility index (Phi) is 5.04. The van der Waals surface area contributed by atoms with E-state index in [0.717, 1.165) is 12.1 Å². The molecule has 130 valence electrons. The highest BCUT2D eigenvalue weighted by Crippen LogP contribution is 2.31. The van der Waals surface area contributed by atoms with Crippen LogP contribution in [0, 0.1) is 5.82 Å².